The van der Waals surface area contributed by atoms with Gasteiger partial charge < -0.3 is 15.6 Å². The van der Waals surface area contributed by atoms with Crippen molar-refractivity contribution >= 4 is 17.3 Å². The lowest BCUT2D eigenvalue weighted by molar-refractivity contribution is 0.220. The molecule has 0 fully saturated rings. The number of hydrogen-bond donors (Lipinski definition) is 2. The molecule has 2 rings (SSSR count). The third-order valence-electron chi connectivity index (χ3n) is 3.11. The van der Waals surface area contributed by atoms with E-state index in [-0.39, 0.29) is 0 Å². The summed E-state index contributed by atoms with van der Waals surface area (Å²) < 4.78 is 5.15. The van der Waals surface area contributed by atoms with E-state index in [1.807, 2.05) is 25.1 Å². The molecule has 19 heavy (non-hydrogen) atoms. The highest BCUT2D eigenvalue weighted by atomic mass is 35.5. The van der Waals surface area contributed by atoms with Crippen LogP contribution in [0, 0.1) is 6.92 Å². The van der Waals surface area contributed by atoms with E-state index in [4.69, 9.17) is 22.1 Å². The summed E-state index contributed by atoms with van der Waals surface area (Å²) in [5.74, 6) is 0.762. The molecular formula is C15H16ClNO2. The van der Waals surface area contributed by atoms with Gasteiger partial charge in [0, 0.05) is 16.3 Å². The average Bonchev–Trinajstić information content (AvgIpc) is 2.37. The Bertz CT molecular complexity index is 599. The van der Waals surface area contributed by atoms with Gasteiger partial charge >= 0.3 is 0 Å². The second-order valence-corrected chi connectivity index (χ2v) is 4.83. The number of aliphatic hydroxyl groups is 1. The number of methoxy groups -OCH3 is 1. The summed E-state index contributed by atoms with van der Waals surface area (Å²) in [5.41, 5.74) is 8.78. The molecule has 0 aliphatic rings. The smallest absolute Gasteiger partial charge is 0.119 e. The highest BCUT2D eigenvalue weighted by molar-refractivity contribution is 6.30. The monoisotopic (exact) mass is 277 g/mol. The van der Waals surface area contributed by atoms with Gasteiger partial charge in [0.05, 0.1) is 7.11 Å². The minimum atomic E-state index is -0.775. The maximum Gasteiger partial charge on any atom is 0.119 e. The number of nitrogen functional groups attached to an aromatic ring is 1. The Hall–Kier alpha value is -1.71. The number of ether oxygens (including phenoxy) is 1. The predicted molar refractivity (Wildman–Crippen MR) is 77.7 cm³/mol. The van der Waals surface area contributed by atoms with Gasteiger partial charge in [-0.25, -0.2) is 0 Å². The van der Waals surface area contributed by atoms with E-state index in [9.17, 15) is 5.11 Å². The molecule has 0 radical (unpaired) electrons. The van der Waals surface area contributed by atoms with E-state index in [0.29, 0.717) is 16.3 Å². The molecule has 0 aromatic heterocycles. The molecule has 0 aliphatic heterocycles. The third kappa shape index (κ3) is 2.83. The Morgan fingerprint density at radius 2 is 1.84 bits per heavy atom. The summed E-state index contributed by atoms with van der Waals surface area (Å²) in [4.78, 5) is 0. The van der Waals surface area contributed by atoms with Crippen molar-refractivity contribution < 1.29 is 9.84 Å². The molecule has 3 N–H and O–H groups in total. The standard InChI is InChI=1S/C15H16ClNO2/c1-9-7-11(19-2)4-6-12(9)15(18)13-5-3-10(16)8-14(13)17/h3-8,15,18H,17H2,1-2H3. The molecule has 0 spiro atoms. The van der Waals surface area contributed by atoms with Crippen LogP contribution in [0.15, 0.2) is 36.4 Å². The van der Waals surface area contributed by atoms with Crippen molar-refractivity contribution in [3.63, 3.8) is 0 Å². The third-order valence-corrected chi connectivity index (χ3v) is 3.35. The second kappa shape index (κ2) is 5.51. The summed E-state index contributed by atoms with van der Waals surface area (Å²) in [7, 11) is 1.61. The van der Waals surface area contributed by atoms with Crippen LogP contribution < -0.4 is 10.5 Å². The average molecular weight is 278 g/mol. The Morgan fingerprint density at radius 3 is 2.42 bits per heavy atom. The largest absolute Gasteiger partial charge is 0.497 e. The van der Waals surface area contributed by atoms with E-state index >= 15 is 0 Å². The van der Waals surface area contributed by atoms with Crippen LogP contribution in [0.25, 0.3) is 0 Å². The number of aryl methyl sites for hydroxylation is 1. The molecule has 4 heteroatoms. The van der Waals surface area contributed by atoms with Crippen molar-refractivity contribution in [1.29, 1.82) is 0 Å². The van der Waals surface area contributed by atoms with Crippen LogP contribution >= 0.6 is 11.6 Å². The molecule has 1 atom stereocenters. The van der Waals surface area contributed by atoms with Crippen LogP contribution in [-0.4, -0.2) is 12.2 Å². The van der Waals surface area contributed by atoms with Crippen LogP contribution in [0.4, 0.5) is 5.69 Å². The molecule has 0 amide bonds. The fraction of sp³-hybridized carbons (Fsp3) is 0.200. The van der Waals surface area contributed by atoms with Gasteiger partial charge in [-0.2, -0.15) is 0 Å². The Kier molecular flexibility index (Phi) is 3.98. The first-order chi connectivity index (χ1) is 9.02. The second-order valence-electron chi connectivity index (χ2n) is 4.40. The highest BCUT2D eigenvalue weighted by Gasteiger charge is 2.16. The number of rotatable bonds is 3. The molecule has 1 unspecified atom stereocenters. The van der Waals surface area contributed by atoms with Crippen molar-refractivity contribution in [1.82, 2.24) is 0 Å². The van der Waals surface area contributed by atoms with Crippen LogP contribution in [-0.2, 0) is 0 Å². The maximum atomic E-state index is 10.4. The summed E-state index contributed by atoms with van der Waals surface area (Å²) in [6.07, 6.45) is -0.775. The number of anilines is 1. The zero-order chi connectivity index (χ0) is 14.0. The zero-order valence-electron chi connectivity index (χ0n) is 10.9. The number of benzene rings is 2. The minimum Gasteiger partial charge on any atom is -0.497 e. The summed E-state index contributed by atoms with van der Waals surface area (Å²) in [5, 5.41) is 11.0. The lowest BCUT2D eigenvalue weighted by Crippen LogP contribution is -2.05. The molecule has 100 valence electrons. The zero-order valence-corrected chi connectivity index (χ0v) is 11.6. The Balaban J connectivity index is 2.41. The van der Waals surface area contributed by atoms with Gasteiger partial charge in [-0.15, -0.1) is 0 Å². The van der Waals surface area contributed by atoms with Gasteiger partial charge in [0.25, 0.3) is 0 Å². The maximum absolute atomic E-state index is 10.4. The molecular weight excluding hydrogens is 262 g/mol. The molecule has 0 saturated carbocycles. The van der Waals surface area contributed by atoms with Gasteiger partial charge in [-0.3, -0.25) is 0 Å². The number of hydrogen-bond acceptors (Lipinski definition) is 3. The molecule has 2 aromatic rings. The lowest BCUT2D eigenvalue weighted by Gasteiger charge is -2.17. The van der Waals surface area contributed by atoms with Crippen molar-refractivity contribution in [2.45, 2.75) is 13.0 Å². The molecule has 0 heterocycles. The van der Waals surface area contributed by atoms with Gasteiger partial charge in [-0.05, 0) is 42.3 Å². The van der Waals surface area contributed by atoms with Crippen LogP contribution in [0.3, 0.4) is 0 Å². The highest BCUT2D eigenvalue weighted by Crippen LogP contribution is 2.31. The molecule has 0 aliphatic carbocycles. The molecule has 0 bridgehead atoms. The van der Waals surface area contributed by atoms with E-state index in [1.165, 1.54) is 0 Å². The Labute approximate surface area is 117 Å². The normalized spacial score (nSPS) is 12.2. The lowest BCUT2D eigenvalue weighted by atomic mass is 9.96. The summed E-state index contributed by atoms with van der Waals surface area (Å²) >= 11 is 5.86. The van der Waals surface area contributed by atoms with Gasteiger partial charge in [0.15, 0.2) is 0 Å². The van der Waals surface area contributed by atoms with Crippen molar-refractivity contribution in [2.24, 2.45) is 0 Å². The first-order valence-electron chi connectivity index (χ1n) is 5.90. The van der Waals surface area contributed by atoms with Gasteiger partial charge in [0.1, 0.15) is 11.9 Å². The van der Waals surface area contributed by atoms with Crippen LogP contribution in [0.1, 0.15) is 22.8 Å². The van der Waals surface area contributed by atoms with Gasteiger partial charge in [-0.1, -0.05) is 23.7 Å². The van der Waals surface area contributed by atoms with Crippen molar-refractivity contribution in [3.05, 3.63) is 58.1 Å². The van der Waals surface area contributed by atoms with E-state index in [2.05, 4.69) is 0 Å². The Morgan fingerprint density at radius 1 is 1.16 bits per heavy atom. The fourth-order valence-corrected chi connectivity index (χ4v) is 2.22. The van der Waals surface area contributed by atoms with E-state index in [0.717, 1.165) is 16.9 Å². The quantitative estimate of drug-likeness (QED) is 0.846. The van der Waals surface area contributed by atoms with E-state index in [1.54, 1.807) is 25.3 Å². The van der Waals surface area contributed by atoms with Crippen molar-refractivity contribution in [2.75, 3.05) is 12.8 Å². The summed E-state index contributed by atoms with van der Waals surface area (Å²) in [6, 6.07) is 10.6. The molecule has 2 aromatic carbocycles. The SMILES string of the molecule is COc1ccc(C(O)c2ccc(Cl)cc2N)c(C)c1. The first kappa shape index (κ1) is 13.7. The molecule has 0 saturated heterocycles. The number of halogens is 1. The van der Waals surface area contributed by atoms with E-state index < -0.39 is 6.10 Å². The minimum absolute atomic E-state index is 0.482. The summed E-state index contributed by atoms with van der Waals surface area (Å²) in [6.45, 7) is 1.92. The van der Waals surface area contributed by atoms with Crippen molar-refractivity contribution in [3.8, 4) is 5.75 Å². The number of nitrogens with two attached hydrogens (primary N) is 1. The molecule has 3 nitrogen and oxygen atoms in total. The van der Waals surface area contributed by atoms with Crippen LogP contribution in [0.5, 0.6) is 5.75 Å². The van der Waals surface area contributed by atoms with Crippen LogP contribution in [0.2, 0.25) is 5.02 Å². The first-order valence-corrected chi connectivity index (χ1v) is 6.28. The number of aliphatic hydroxyl groups excluding tert-OH is 1. The van der Waals surface area contributed by atoms with Gasteiger partial charge in [0.2, 0.25) is 0 Å². The predicted octanol–water partition coefficient (Wildman–Crippen LogP) is 3.32. The topological polar surface area (TPSA) is 55.5 Å². The fourth-order valence-electron chi connectivity index (χ4n) is 2.04.